The van der Waals surface area contributed by atoms with E-state index in [1.54, 1.807) is 20.1 Å². The van der Waals surface area contributed by atoms with Crippen LogP contribution >= 0.6 is 0 Å². The first kappa shape index (κ1) is 20.1. The molecular formula is C22H24N4O3. The minimum atomic E-state index is -0.277. The summed E-state index contributed by atoms with van der Waals surface area (Å²) in [5.74, 6) is 2.28. The molecule has 3 rings (SSSR count). The Bertz CT molecular complexity index is 957. The summed E-state index contributed by atoms with van der Waals surface area (Å²) in [5, 5.41) is 6.01. The fourth-order valence-electron chi connectivity index (χ4n) is 2.63. The van der Waals surface area contributed by atoms with Crippen molar-refractivity contribution in [2.45, 2.75) is 13.8 Å². The highest BCUT2D eigenvalue weighted by Gasteiger charge is 2.10. The lowest BCUT2D eigenvalue weighted by atomic mass is 10.2. The summed E-state index contributed by atoms with van der Waals surface area (Å²) in [6.45, 7) is 4.48. The van der Waals surface area contributed by atoms with Gasteiger partial charge in [-0.15, -0.1) is 0 Å². The topological polar surface area (TPSA) is 85.4 Å². The first-order valence-electron chi connectivity index (χ1n) is 9.28. The fraction of sp³-hybridized carbons (Fsp3) is 0.227. The Morgan fingerprint density at radius 3 is 2.34 bits per heavy atom. The second-order valence-corrected chi connectivity index (χ2v) is 6.46. The monoisotopic (exact) mass is 392 g/mol. The maximum atomic E-state index is 12.4. The van der Waals surface area contributed by atoms with Crippen LogP contribution in [0.4, 0.5) is 11.5 Å². The molecule has 0 saturated carbocycles. The molecule has 0 aliphatic rings. The van der Waals surface area contributed by atoms with E-state index in [2.05, 4.69) is 20.6 Å². The number of carbonyl (C=O) groups is 1. The molecule has 150 valence electrons. The van der Waals surface area contributed by atoms with Crippen molar-refractivity contribution in [1.29, 1.82) is 0 Å². The molecule has 1 amide bonds. The number of nitrogens with zero attached hydrogens (tertiary/aromatic N) is 2. The molecule has 0 saturated heterocycles. The van der Waals surface area contributed by atoms with E-state index in [4.69, 9.17) is 9.47 Å². The van der Waals surface area contributed by atoms with Crippen molar-refractivity contribution in [3.05, 3.63) is 71.7 Å². The molecule has 1 heterocycles. The number of methoxy groups -OCH3 is 1. The van der Waals surface area contributed by atoms with Crippen molar-refractivity contribution < 1.29 is 14.3 Å². The summed E-state index contributed by atoms with van der Waals surface area (Å²) >= 11 is 0. The van der Waals surface area contributed by atoms with Gasteiger partial charge >= 0.3 is 0 Å². The van der Waals surface area contributed by atoms with Crippen molar-refractivity contribution in [2.24, 2.45) is 0 Å². The van der Waals surface area contributed by atoms with Gasteiger partial charge in [0.25, 0.3) is 5.91 Å². The Hall–Kier alpha value is -3.61. The van der Waals surface area contributed by atoms with Crippen LogP contribution in [0.1, 0.15) is 21.9 Å². The van der Waals surface area contributed by atoms with Gasteiger partial charge in [0.1, 0.15) is 35.4 Å². The highest BCUT2D eigenvalue weighted by atomic mass is 16.5. The third kappa shape index (κ3) is 5.93. The number of rotatable bonds is 8. The van der Waals surface area contributed by atoms with Gasteiger partial charge in [-0.05, 0) is 50.2 Å². The maximum absolute atomic E-state index is 12.4. The van der Waals surface area contributed by atoms with Gasteiger partial charge in [-0.3, -0.25) is 4.79 Å². The summed E-state index contributed by atoms with van der Waals surface area (Å²) < 4.78 is 10.7. The number of amides is 1. The van der Waals surface area contributed by atoms with Crippen molar-refractivity contribution in [3.63, 3.8) is 0 Å². The zero-order valence-electron chi connectivity index (χ0n) is 16.7. The molecule has 29 heavy (non-hydrogen) atoms. The second kappa shape index (κ2) is 9.54. The lowest BCUT2D eigenvalue weighted by Crippen LogP contribution is -2.29. The predicted octanol–water partition coefficient (Wildman–Crippen LogP) is 3.65. The Labute approximate surface area is 170 Å². The molecule has 2 N–H and O–H groups in total. The molecule has 1 aromatic heterocycles. The number of benzene rings is 2. The SMILES string of the molecule is COc1ccc(OCCNC(=O)c2cc(Nc3ccc(C)cc3)nc(C)n2)cc1. The number of ether oxygens (including phenoxy) is 2. The Kier molecular flexibility index (Phi) is 6.63. The average molecular weight is 392 g/mol. The van der Waals surface area contributed by atoms with Crippen LogP contribution in [0.3, 0.4) is 0 Å². The van der Waals surface area contributed by atoms with Crippen molar-refractivity contribution >= 4 is 17.4 Å². The van der Waals surface area contributed by atoms with E-state index in [1.807, 2.05) is 55.5 Å². The van der Waals surface area contributed by atoms with E-state index in [0.29, 0.717) is 36.2 Å². The average Bonchev–Trinajstić information content (AvgIpc) is 2.73. The molecule has 0 spiro atoms. The van der Waals surface area contributed by atoms with Crippen LogP contribution in [0.5, 0.6) is 11.5 Å². The Balaban J connectivity index is 1.54. The van der Waals surface area contributed by atoms with Gasteiger partial charge in [0, 0.05) is 11.8 Å². The van der Waals surface area contributed by atoms with Crippen LogP contribution in [-0.4, -0.2) is 36.1 Å². The number of carbonyl (C=O) groups excluding carboxylic acids is 1. The molecule has 7 nitrogen and oxygen atoms in total. The minimum Gasteiger partial charge on any atom is -0.497 e. The lowest BCUT2D eigenvalue weighted by molar-refractivity contribution is 0.0941. The molecule has 0 radical (unpaired) electrons. The van der Waals surface area contributed by atoms with Crippen molar-refractivity contribution in [3.8, 4) is 11.5 Å². The number of aryl methyl sites for hydroxylation is 2. The van der Waals surface area contributed by atoms with E-state index in [1.165, 1.54) is 5.56 Å². The van der Waals surface area contributed by atoms with Gasteiger partial charge < -0.3 is 20.1 Å². The molecule has 3 aromatic rings. The number of nitrogens with one attached hydrogen (secondary N) is 2. The quantitative estimate of drug-likeness (QED) is 0.569. The predicted molar refractivity (Wildman–Crippen MR) is 112 cm³/mol. The Morgan fingerprint density at radius 1 is 0.966 bits per heavy atom. The van der Waals surface area contributed by atoms with Gasteiger partial charge in [-0.1, -0.05) is 17.7 Å². The summed E-state index contributed by atoms with van der Waals surface area (Å²) in [4.78, 5) is 21.0. The highest BCUT2D eigenvalue weighted by molar-refractivity contribution is 5.93. The Morgan fingerprint density at radius 2 is 1.66 bits per heavy atom. The zero-order valence-corrected chi connectivity index (χ0v) is 16.7. The van der Waals surface area contributed by atoms with Crippen LogP contribution in [0.15, 0.2) is 54.6 Å². The highest BCUT2D eigenvalue weighted by Crippen LogP contribution is 2.17. The van der Waals surface area contributed by atoms with Gasteiger partial charge in [-0.2, -0.15) is 0 Å². The number of hydrogen-bond acceptors (Lipinski definition) is 6. The van der Waals surface area contributed by atoms with Gasteiger partial charge in [0.05, 0.1) is 13.7 Å². The molecule has 7 heteroatoms. The molecule has 0 unspecified atom stereocenters. The maximum Gasteiger partial charge on any atom is 0.270 e. The molecule has 2 aromatic carbocycles. The molecule has 0 aliphatic heterocycles. The minimum absolute atomic E-state index is 0.277. The van der Waals surface area contributed by atoms with Crippen molar-refractivity contribution in [2.75, 3.05) is 25.6 Å². The van der Waals surface area contributed by atoms with Crippen LogP contribution in [0.25, 0.3) is 0 Å². The first-order chi connectivity index (χ1) is 14.0. The van der Waals surface area contributed by atoms with Gasteiger partial charge in [0.2, 0.25) is 0 Å². The third-order valence-corrected chi connectivity index (χ3v) is 4.11. The normalized spacial score (nSPS) is 10.3. The van der Waals surface area contributed by atoms with Gasteiger partial charge in [0.15, 0.2) is 0 Å². The summed E-state index contributed by atoms with van der Waals surface area (Å²) in [5.41, 5.74) is 2.37. The van der Waals surface area contributed by atoms with Crippen LogP contribution in [-0.2, 0) is 0 Å². The van der Waals surface area contributed by atoms with E-state index < -0.39 is 0 Å². The standard InChI is InChI=1S/C22H24N4O3/c1-15-4-6-17(7-5-15)26-21-14-20(24-16(2)25-21)22(27)23-12-13-29-19-10-8-18(28-3)9-11-19/h4-11,14H,12-13H2,1-3H3,(H,23,27)(H,24,25,26). The van der Waals surface area contributed by atoms with Crippen LogP contribution < -0.4 is 20.1 Å². The lowest BCUT2D eigenvalue weighted by Gasteiger charge is -2.10. The summed E-state index contributed by atoms with van der Waals surface area (Å²) in [6, 6.07) is 16.8. The fourth-order valence-corrected chi connectivity index (χ4v) is 2.63. The third-order valence-electron chi connectivity index (χ3n) is 4.11. The summed E-state index contributed by atoms with van der Waals surface area (Å²) in [7, 11) is 1.61. The van der Waals surface area contributed by atoms with Crippen molar-refractivity contribution in [1.82, 2.24) is 15.3 Å². The number of anilines is 2. The largest absolute Gasteiger partial charge is 0.497 e. The molecule has 0 fully saturated rings. The smallest absolute Gasteiger partial charge is 0.270 e. The van der Waals surface area contributed by atoms with E-state index in [9.17, 15) is 4.79 Å². The molecule has 0 atom stereocenters. The summed E-state index contributed by atoms with van der Waals surface area (Å²) in [6.07, 6.45) is 0. The molecule has 0 aliphatic carbocycles. The van der Waals surface area contributed by atoms with Crippen LogP contribution in [0, 0.1) is 13.8 Å². The van der Waals surface area contributed by atoms with Gasteiger partial charge in [-0.25, -0.2) is 9.97 Å². The molecular weight excluding hydrogens is 368 g/mol. The zero-order chi connectivity index (χ0) is 20.6. The second-order valence-electron chi connectivity index (χ2n) is 6.46. The van der Waals surface area contributed by atoms with E-state index in [0.717, 1.165) is 11.4 Å². The number of hydrogen-bond donors (Lipinski definition) is 2. The van der Waals surface area contributed by atoms with E-state index in [-0.39, 0.29) is 5.91 Å². The number of aromatic nitrogens is 2. The van der Waals surface area contributed by atoms with E-state index >= 15 is 0 Å². The first-order valence-corrected chi connectivity index (χ1v) is 9.28. The van der Waals surface area contributed by atoms with Crippen LogP contribution in [0.2, 0.25) is 0 Å². The molecule has 0 bridgehead atoms.